The molecule has 0 radical (unpaired) electrons. The molecule has 0 saturated heterocycles. The number of fused-ring (bicyclic) bond motifs is 1. The van der Waals surface area contributed by atoms with Gasteiger partial charge in [0.2, 0.25) is 5.91 Å². The molecule has 0 unspecified atom stereocenters. The van der Waals surface area contributed by atoms with E-state index >= 15 is 0 Å². The van der Waals surface area contributed by atoms with E-state index < -0.39 is 0 Å². The number of amides is 1. The van der Waals surface area contributed by atoms with E-state index in [0.29, 0.717) is 6.42 Å². The molecule has 0 spiro atoms. The summed E-state index contributed by atoms with van der Waals surface area (Å²) < 4.78 is 11.0. The van der Waals surface area contributed by atoms with E-state index in [1.807, 2.05) is 36.4 Å². The molecule has 0 fully saturated rings. The zero-order valence-electron chi connectivity index (χ0n) is 16.7. The molecule has 1 N–H and O–H groups in total. The zero-order chi connectivity index (χ0) is 20.2. The minimum absolute atomic E-state index is 0.0546. The largest absolute Gasteiger partial charge is 0.497 e. The second kappa shape index (κ2) is 8.70. The average Bonchev–Trinajstić information content (AvgIpc) is 3.17. The first-order valence-corrected chi connectivity index (χ1v) is 10.9. The highest BCUT2D eigenvalue weighted by molar-refractivity contribution is 7.11. The summed E-state index contributed by atoms with van der Waals surface area (Å²) in [5.41, 5.74) is 4.21. The van der Waals surface area contributed by atoms with Crippen molar-refractivity contribution >= 4 is 22.9 Å². The number of hydrogen-bond donors (Lipinski definition) is 1. The lowest BCUT2D eigenvalue weighted by Crippen LogP contribution is -2.22. The maximum atomic E-state index is 12.5. The summed E-state index contributed by atoms with van der Waals surface area (Å²) in [4.78, 5) is 13.7. The molecule has 3 aromatic rings. The number of nitrogens with one attached hydrogen (secondary N) is 1. The van der Waals surface area contributed by atoms with Crippen molar-refractivity contribution in [1.29, 1.82) is 0 Å². The van der Waals surface area contributed by atoms with Crippen molar-refractivity contribution in [2.45, 2.75) is 32.1 Å². The van der Waals surface area contributed by atoms with Crippen LogP contribution in [-0.4, -0.2) is 19.6 Å². The summed E-state index contributed by atoms with van der Waals surface area (Å²) in [5, 5.41) is 5.23. The SMILES string of the molecule is CCCCOc1ccc([C@H]2CC(=O)Nc3c(-c4ccc(OC)cc4)csc32)cc1. The minimum atomic E-state index is 0.0546. The number of anilines is 1. The molecule has 1 aromatic heterocycles. The Balaban J connectivity index is 1.61. The monoisotopic (exact) mass is 407 g/mol. The number of benzene rings is 2. The second-order valence-electron chi connectivity index (χ2n) is 7.19. The van der Waals surface area contributed by atoms with Crippen molar-refractivity contribution in [3.05, 3.63) is 64.4 Å². The summed E-state index contributed by atoms with van der Waals surface area (Å²) >= 11 is 1.71. The van der Waals surface area contributed by atoms with E-state index in [0.717, 1.165) is 53.3 Å². The van der Waals surface area contributed by atoms with Crippen LogP contribution in [0.3, 0.4) is 0 Å². The van der Waals surface area contributed by atoms with E-state index in [-0.39, 0.29) is 11.8 Å². The van der Waals surface area contributed by atoms with Crippen LogP contribution in [0.15, 0.2) is 53.9 Å². The van der Waals surface area contributed by atoms with Gasteiger partial charge in [-0.25, -0.2) is 0 Å². The topological polar surface area (TPSA) is 47.6 Å². The predicted molar refractivity (Wildman–Crippen MR) is 118 cm³/mol. The van der Waals surface area contributed by atoms with Crippen LogP contribution >= 0.6 is 11.3 Å². The van der Waals surface area contributed by atoms with E-state index in [1.165, 1.54) is 4.88 Å². The van der Waals surface area contributed by atoms with Gasteiger partial charge in [-0.3, -0.25) is 4.79 Å². The summed E-state index contributed by atoms with van der Waals surface area (Å²) in [6.07, 6.45) is 2.63. The van der Waals surface area contributed by atoms with Gasteiger partial charge in [-0.15, -0.1) is 11.3 Å². The molecule has 1 aliphatic heterocycles. The van der Waals surface area contributed by atoms with Crippen molar-refractivity contribution in [2.24, 2.45) is 0 Å². The fraction of sp³-hybridized carbons (Fsp3) is 0.292. The first kappa shape index (κ1) is 19.5. The van der Waals surface area contributed by atoms with Crippen LogP contribution < -0.4 is 14.8 Å². The molecule has 5 heteroatoms. The number of thiophene rings is 1. The fourth-order valence-electron chi connectivity index (χ4n) is 3.61. The van der Waals surface area contributed by atoms with Crippen LogP contribution in [0.1, 0.15) is 42.5 Å². The Morgan fingerprint density at radius 2 is 1.79 bits per heavy atom. The number of carbonyl (C=O) groups excluding carboxylic acids is 1. The van der Waals surface area contributed by atoms with Crippen molar-refractivity contribution in [1.82, 2.24) is 0 Å². The van der Waals surface area contributed by atoms with Gasteiger partial charge in [0.25, 0.3) is 0 Å². The highest BCUT2D eigenvalue weighted by atomic mass is 32.1. The molecule has 150 valence electrons. The third kappa shape index (κ3) is 4.15. The van der Waals surface area contributed by atoms with E-state index in [2.05, 4.69) is 29.8 Å². The van der Waals surface area contributed by atoms with Crippen molar-refractivity contribution in [3.63, 3.8) is 0 Å². The van der Waals surface area contributed by atoms with Crippen molar-refractivity contribution in [2.75, 3.05) is 19.0 Å². The Bertz CT molecular complexity index is 976. The first-order valence-electron chi connectivity index (χ1n) is 9.98. The van der Waals surface area contributed by atoms with Gasteiger partial charge < -0.3 is 14.8 Å². The first-order chi connectivity index (χ1) is 14.2. The van der Waals surface area contributed by atoms with Crippen LogP contribution in [-0.2, 0) is 4.79 Å². The maximum absolute atomic E-state index is 12.5. The Labute approximate surface area is 175 Å². The molecular formula is C24H25NO3S. The van der Waals surface area contributed by atoms with Crippen LogP contribution in [0, 0.1) is 0 Å². The van der Waals surface area contributed by atoms with Crippen molar-refractivity contribution in [3.8, 4) is 22.6 Å². The van der Waals surface area contributed by atoms with Gasteiger partial charge in [-0.05, 0) is 41.8 Å². The van der Waals surface area contributed by atoms with Gasteiger partial charge in [0.15, 0.2) is 0 Å². The highest BCUT2D eigenvalue weighted by Gasteiger charge is 2.30. The van der Waals surface area contributed by atoms with Crippen molar-refractivity contribution < 1.29 is 14.3 Å². The van der Waals surface area contributed by atoms with E-state index in [4.69, 9.17) is 9.47 Å². The quantitative estimate of drug-likeness (QED) is 0.483. The molecule has 1 aliphatic rings. The van der Waals surface area contributed by atoms with E-state index in [9.17, 15) is 4.79 Å². The highest BCUT2D eigenvalue weighted by Crippen LogP contribution is 2.46. The molecule has 1 amide bonds. The van der Waals surface area contributed by atoms with Gasteiger partial charge in [0.05, 0.1) is 19.4 Å². The molecule has 0 saturated carbocycles. The van der Waals surface area contributed by atoms with Crippen LogP contribution in [0.4, 0.5) is 5.69 Å². The number of hydrogen-bond acceptors (Lipinski definition) is 4. The van der Waals surface area contributed by atoms with Crippen LogP contribution in [0.2, 0.25) is 0 Å². The van der Waals surface area contributed by atoms with E-state index in [1.54, 1.807) is 18.4 Å². The van der Waals surface area contributed by atoms with Gasteiger partial charge >= 0.3 is 0 Å². The Hall–Kier alpha value is -2.79. The lowest BCUT2D eigenvalue weighted by molar-refractivity contribution is -0.116. The molecule has 2 heterocycles. The third-order valence-corrected chi connectivity index (χ3v) is 6.34. The molecule has 4 rings (SSSR count). The third-order valence-electron chi connectivity index (χ3n) is 5.24. The van der Waals surface area contributed by atoms with Gasteiger partial charge in [-0.2, -0.15) is 0 Å². The average molecular weight is 408 g/mol. The Morgan fingerprint density at radius 1 is 1.07 bits per heavy atom. The van der Waals surface area contributed by atoms with Gasteiger partial charge in [-0.1, -0.05) is 37.6 Å². The lowest BCUT2D eigenvalue weighted by atomic mass is 9.89. The maximum Gasteiger partial charge on any atom is 0.225 e. The van der Waals surface area contributed by atoms with Crippen LogP contribution in [0.25, 0.3) is 11.1 Å². The van der Waals surface area contributed by atoms with Crippen LogP contribution in [0.5, 0.6) is 11.5 Å². The second-order valence-corrected chi connectivity index (χ2v) is 8.10. The summed E-state index contributed by atoms with van der Waals surface area (Å²) in [6.45, 7) is 2.89. The number of ether oxygens (including phenoxy) is 2. The summed E-state index contributed by atoms with van der Waals surface area (Å²) in [6, 6.07) is 16.1. The summed E-state index contributed by atoms with van der Waals surface area (Å²) in [7, 11) is 1.66. The number of rotatable bonds is 7. The molecule has 0 bridgehead atoms. The molecule has 2 aromatic carbocycles. The zero-order valence-corrected chi connectivity index (χ0v) is 17.6. The molecular weight excluding hydrogens is 382 g/mol. The Kier molecular flexibility index (Phi) is 5.86. The molecule has 29 heavy (non-hydrogen) atoms. The normalized spacial score (nSPS) is 15.5. The summed E-state index contributed by atoms with van der Waals surface area (Å²) in [5.74, 6) is 1.83. The standard InChI is InChI=1S/C24H25NO3S/c1-3-4-13-28-19-11-7-16(8-12-19)20-14-22(26)25-23-21(15-29-24(20)23)17-5-9-18(27-2)10-6-17/h5-12,15,20H,3-4,13-14H2,1-2H3,(H,25,26)/t20-/m1/s1. The number of unbranched alkanes of at least 4 members (excludes halogenated alkanes) is 1. The predicted octanol–water partition coefficient (Wildman–Crippen LogP) is 6.08. The lowest BCUT2D eigenvalue weighted by Gasteiger charge is -2.24. The molecule has 1 atom stereocenters. The Morgan fingerprint density at radius 3 is 2.48 bits per heavy atom. The van der Waals surface area contributed by atoms with Gasteiger partial charge in [0, 0.05) is 28.2 Å². The fourth-order valence-corrected chi connectivity index (χ4v) is 4.77. The minimum Gasteiger partial charge on any atom is -0.497 e. The number of methoxy groups -OCH3 is 1. The molecule has 0 aliphatic carbocycles. The van der Waals surface area contributed by atoms with Gasteiger partial charge in [0.1, 0.15) is 11.5 Å². The number of carbonyl (C=O) groups is 1. The smallest absolute Gasteiger partial charge is 0.225 e. The molecule has 4 nitrogen and oxygen atoms in total.